The molecule has 11 nitrogen and oxygen atoms in total. The molecule has 2 unspecified atom stereocenters. The van der Waals surface area contributed by atoms with Crippen LogP contribution in [-0.2, 0) is 24.3 Å². The van der Waals surface area contributed by atoms with Crippen LogP contribution in [0.3, 0.4) is 0 Å². The molecule has 0 aromatic rings. The molecule has 0 spiro atoms. The number of rotatable bonds is 6. The third kappa shape index (κ3) is 3.55. The molecular formula is C11H18N4O7S. The quantitative estimate of drug-likeness (QED) is 0.385. The normalized spacial score (nSPS) is 30.3. The number of urea groups is 1. The number of hydrogen-bond donors (Lipinski definition) is 3. The van der Waals surface area contributed by atoms with Gasteiger partial charge in [-0.2, -0.15) is 13.5 Å². The van der Waals surface area contributed by atoms with Gasteiger partial charge in [0.2, 0.25) is 0 Å². The second kappa shape index (κ2) is 6.20. The van der Waals surface area contributed by atoms with Gasteiger partial charge in [0.25, 0.3) is 5.91 Å². The first-order valence-electron chi connectivity index (χ1n) is 7.27. The number of amides is 3. The van der Waals surface area contributed by atoms with Crippen molar-refractivity contribution in [1.29, 1.82) is 0 Å². The van der Waals surface area contributed by atoms with E-state index in [9.17, 15) is 18.0 Å². The van der Waals surface area contributed by atoms with Crippen LogP contribution in [-0.4, -0.2) is 72.7 Å². The van der Waals surface area contributed by atoms with Gasteiger partial charge in [0.05, 0.1) is 12.6 Å². The van der Waals surface area contributed by atoms with E-state index >= 15 is 0 Å². The van der Waals surface area contributed by atoms with Crippen LogP contribution in [0.2, 0.25) is 0 Å². The summed E-state index contributed by atoms with van der Waals surface area (Å²) >= 11 is 0. The lowest BCUT2D eigenvalue weighted by Gasteiger charge is -2.30. The fourth-order valence-electron chi connectivity index (χ4n) is 2.88. The lowest BCUT2D eigenvalue weighted by atomic mass is 10.0. The van der Waals surface area contributed by atoms with E-state index in [1.807, 2.05) is 0 Å². The molecule has 130 valence electrons. The number of carbonyl (C=O) groups is 2. The van der Waals surface area contributed by atoms with Gasteiger partial charge in [0.1, 0.15) is 6.04 Å². The molecule has 3 atom stereocenters. The van der Waals surface area contributed by atoms with Crippen molar-refractivity contribution in [3.05, 3.63) is 0 Å². The SMILES string of the molecule is O=C(NOC[C@H]1CCN1)C1CCC2CN1C(=O)N2OS(=O)(=O)O. The van der Waals surface area contributed by atoms with Gasteiger partial charge in [0, 0.05) is 12.6 Å². The van der Waals surface area contributed by atoms with Crippen LogP contribution in [0.4, 0.5) is 4.79 Å². The number of nitrogens with zero attached hydrogens (tertiary/aromatic N) is 2. The van der Waals surface area contributed by atoms with E-state index in [1.165, 1.54) is 4.90 Å². The lowest BCUT2D eigenvalue weighted by Crippen LogP contribution is -2.51. The van der Waals surface area contributed by atoms with Crippen molar-refractivity contribution in [2.75, 3.05) is 19.7 Å². The van der Waals surface area contributed by atoms with Crippen molar-refractivity contribution in [2.24, 2.45) is 0 Å². The molecule has 23 heavy (non-hydrogen) atoms. The van der Waals surface area contributed by atoms with Gasteiger partial charge in [-0.3, -0.25) is 14.2 Å². The van der Waals surface area contributed by atoms with Gasteiger partial charge in [-0.15, -0.1) is 4.28 Å². The highest BCUT2D eigenvalue weighted by molar-refractivity contribution is 7.80. The molecule has 0 aromatic carbocycles. The summed E-state index contributed by atoms with van der Waals surface area (Å²) in [6, 6.07) is -1.83. The summed E-state index contributed by atoms with van der Waals surface area (Å²) in [6.45, 7) is 1.42. The maximum atomic E-state index is 12.1. The average molecular weight is 350 g/mol. The maximum absolute atomic E-state index is 12.1. The van der Waals surface area contributed by atoms with Gasteiger partial charge >= 0.3 is 16.4 Å². The number of hydrogen-bond acceptors (Lipinski definition) is 7. The molecule has 0 aliphatic carbocycles. The zero-order valence-electron chi connectivity index (χ0n) is 12.2. The summed E-state index contributed by atoms with van der Waals surface area (Å²) in [4.78, 5) is 30.6. The van der Waals surface area contributed by atoms with E-state index in [0.717, 1.165) is 13.0 Å². The molecule has 0 radical (unpaired) electrons. The number of fused-ring (bicyclic) bond motifs is 2. The Labute approximate surface area is 132 Å². The summed E-state index contributed by atoms with van der Waals surface area (Å²) in [5.74, 6) is -0.468. The molecule has 2 bridgehead atoms. The van der Waals surface area contributed by atoms with Crippen LogP contribution < -0.4 is 10.8 Å². The minimum atomic E-state index is -4.79. The first-order valence-corrected chi connectivity index (χ1v) is 8.63. The van der Waals surface area contributed by atoms with Gasteiger partial charge in [-0.25, -0.2) is 10.3 Å². The molecule has 3 rings (SSSR count). The van der Waals surface area contributed by atoms with Crippen molar-refractivity contribution in [3.8, 4) is 0 Å². The average Bonchev–Trinajstić information content (AvgIpc) is 2.65. The van der Waals surface area contributed by atoms with Gasteiger partial charge in [-0.05, 0) is 25.8 Å². The van der Waals surface area contributed by atoms with Crippen molar-refractivity contribution in [1.82, 2.24) is 20.8 Å². The van der Waals surface area contributed by atoms with Gasteiger partial charge in [0.15, 0.2) is 0 Å². The third-order valence-electron chi connectivity index (χ3n) is 4.18. The van der Waals surface area contributed by atoms with E-state index < -0.39 is 34.4 Å². The maximum Gasteiger partial charge on any atom is 0.418 e. The number of carbonyl (C=O) groups excluding carboxylic acids is 2. The summed E-state index contributed by atoms with van der Waals surface area (Å²) < 4.78 is 34.6. The van der Waals surface area contributed by atoms with Crippen LogP contribution in [0, 0.1) is 0 Å². The fraction of sp³-hybridized carbons (Fsp3) is 0.818. The van der Waals surface area contributed by atoms with E-state index in [2.05, 4.69) is 15.1 Å². The molecule has 3 heterocycles. The first kappa shape index (κ1) is 16.4. The summed E-state index contributed by atoms with van der Waals surface area (Å²) in [6.07, 6.45) is 1.70. The molecular weight excluding hydrogens is 332 g/mol. The van der Waals surface area contributed by atoms with Crippen molar-refractivity contribution in [3.63, 3.8) is 0 Å². The molecule has 0 aromatic heterocycles. The number of piperidine rings is 1. The van der Waals surface area contributed by atoms with Gasteiger partial charge in [-0.1, -0.05) is 0 Å². The largest absolute Gasteiger partial charge is 0.418 e. The Morgan fingerprint density at radius 2 is 2.13 bits per heavy atom. The molecule has 3 fully saturated rings. The molecule has 0 saturated carbocycles. The van der Waals surface area contributed by atoms with Crippen molar-refractivity contribution in [2.45, 2.75) is 37.4 Å². The number of nitrogens with one attached hydrogen (secondary N) is 2. The Kier molecular flexibility index (Phi) is 4.42. The van der Waals surface area contributed by atoms with Crippen LogP contribution in [0.25, 0.3) is 0 Å². The molecule has 3 amide bonds. The van der Waals surface area contributed by atoms with Crippen molar-refractivity contribution >= 4 is 22.3 Å². The van der Waals surface area contributed by atoms with Crippen LogP contribution in [0.5, 0.6) is 0 Å². The molecule has 3 N–H and O–H groups in total. The zero-order valence-corrected chi connectivity index (χ0v) is 13.0. The summed E-state index contributed by atoms with van der Waals surface area (Å²) in [5, 5.41) is 3.71. The minimum Gasteiger partial charge on any atom is -0.311 e. The monoisotopic (exact) mass is 350 g/mol. The minimum absolute atomic E-state index is 0.149. The second-order valence-corrected chi connectivity index (χ2v) is 6.73. The topological polar surface area (TPSA) is 138 Å². The highest BCUT2D eigenvalue weighted by atomic mass is 32.3. The Hall–Kier alpha value is -1.47. The molecule has 3 aliphatic rings. The van der Waals surface area contributed by atoms with E-state index in [0.29, 0.717) is 24.5 Å². The predicted molar refractivity (Wildman–Crippen MR) is 73.9 cm³/mol. The van der Waals surface area contributed by atoms with Crippen molar-refractivity contribution < 1.29 is 31.7 Å². The Bertz CT molecular complexity index is 593. The third-order valence-corrected chi connectivity index (χ3v) is 4.53. The lowest BCUT2D eigenvalue weighted by molar-refractivity contribution is -0.139. The molecule has 12 heteroatoms. The summed E-state index contributed by atoms with van der Waals surface area (Å²) in [5.41, 5.74) is 2.32. The van der Waals surface area contributed by atoms with Crippen LogP contribution in [0.1, 0.15) is 19.3 Å². The van der Waals surface area contributed by atoms with Gasteiger partial charge < -0.3 is 10.2 Å². The van der Waals surface area contributed by atoms with E-state index in [4.69, 9.17) is 9.39 Å². The Morgan fingerprint density at radius 1 is 1.39 bits per heavy atom. The molecule has 3 aliphatic heterocycles. The Morgan fingerprint density at radius 3 is 2.74 bits per heavy atom. The fourth-order valence-corrected chi connectivity index (χ4v) is 3.26. The van der Waals surface area contributed by atoms with E-state index in [-0.39, 0.29) is 12.6 Å². The smallest absolute Gasteiger partial charge is 0.311 e. The predicted octanol–water partition coefficient (Wildman–Crippen LogP) is -1.60. The zero-order chi connectivity index (χ0) is 16.6. The Balaban J connectivity index is 1.56. The molecule has 3 saturated heterocycles. The second-order valence-electron chi connectivity index (χ2n) is 5.73. The van der Waals surface area contributed by atoms with Crippen LogP contribution in [0.15, 0.2) is 0 Å². The number of hydroxylamine groups is 3. The highest BCUT2D eigenvalue weighted by Gasteiger charge is 2.49. The first-order chi connectivity index (χ1) is 10.8. The highest BCUT2D eigenvalue weighted by Crippen LogP contribution is 2.30. The standard InChI is InChI=1S/C11H18N4O7S/c16-10(13-21-6-7-3-4-12-7)9-2-1-8-5-14(9)11(17)15(8)22-23(18,19)20/h7-9,12H,1-6H2,(H,13,16)(H,18,19,20)/t7-,8?,9?/m1/s1. The van der Waals surface area contributed by atoms with Crippen LogP contribution >= 0.6 is 0 Å². The summed E-state index contributed by atoms with van der Waals surface area (Å²) in [7, 11) is -4.79. The van der Waals surface area contributed by atoms with E-state index in [1.54, 1.807) is 0 Å².